The lowest BCUT2D eigenvalue weighted by Crippen LogP contribution is -2.31. The van der Waals surface area contributed by atoms with E-state index in [4.69, 9.17) is 12.2 Å². The molecular formula is C11H12BrN3S. The first-order valence-electron chi connectivity index (χ1n) is 4.66. The molecule has 0 heterocycles. The number of rotatable bonds is 4. The highest BCUT2D eigenvalue weighted by atomic mass is 79.9. The smallest absolute Gasteiger partial charge is 0.187 e. The summed E-state index contributed by atoms with van der Waals surface area (Å²) in [6.07, 6.45) is 3.43. The molecule has 0 amide bonds. The van der Waals surface area contributed by atoms with Gasteiger partial charge in [-0.25, -0.2) is 0 Å². The van der Waals surface area contributed by atoms with Crippen LogP contribution >= 0.6 is 28.1 Å². The summed E-state index contributed by atoms with van der Waals surface area (Å²) in [5, 5.41) is 7.38. The Morgan fingerprint density at radius 1 is 1.44 bits per heavy atom. The summed E-state index contributed by atoms with van der Waals surface area (Å²) < 4.78 is 1.04. The van der Waals surface area contributed by atoms with E-state index >= 15 is 0 Å². The first-order chi connectivity index (χ1) is 7.72. The zero-order valence-corrected chi connectivity index (χ0v) is 11.0. The number of hydrogen-bond acceptors (Lipinski definition) is 2. The van der Waals surface area contributed by atoms with Crippen molar-refractivity contribution in [3.8, 4) is 0 Å². The van der Waals surface area contributed by atoms with Crippen LogP contribution in [0.5, 0.6) is 0 Å². The first kappa shape index (κ1) is 12.9. The van der Waals surface area contributed by atoms with E-state index in [0.717, 1.165) is 10.0 Å². The fourth-order valence-electron chi connectivity index (χ4n) is 0.919. The van der Waals surface area contributed by atoms with E-state index in [-0.39, 0.29) is 0 Å². The summed E-state index contributed by atoms with van der Waals surface area (Å²) >= 11 is 8.33. The summed E-state index contributed by atoms with van der Waals surface area (Å²) in [5.41, 5.74) is 3.71. The van der Waals surface area contributed by atoms with Crippen molar-refractivity contribution in [1.29, 1.82) is 0 Å². The Morgan fingerprint density at radius 2 is 2.12 bits per heavy atom. The Hall–Kier alpha value is -1.20. The molecule has 3 nitrogen and oxygen atoms in total. The van der Waals surface area contributed by atoms with E-state index < -0.39 is 0 Å². The molecule has 2 N–H and O–H groups in total. The van der Waals surface area contributed by atoms with Crippen molar-refractivity contribution in [2.24, 2.45) is 5.10 Å². The van der Waals surface area contributed by atoms with Crippen molar-refractivity contribution in [3.05, 3.63) is 47.0 Å². The topological polar surface area (TPSA) is 36.4 Å². The molecule has 0 atom stereocenters. The maximum atomic E-state index is 4.96. The Bertz CT molecular complexity index is 387. The third-order valence-corrected chi connectivity index (χ3v) is 2.42. The van der Waals surface area contributed by atoms with Crippen LogP contribution < -0.4 is 10.7 Å². The normalized spacial score (nSPS) is 10.1. The van der Waals surface area contributed by atoms with E-state index in [2.05, 4.69) is 38.4 Å². The number of nitrogens with zero attached hydrogens (tertiary/aromatic N) is 1. The van der Waals surface area contributed by atoms with Gasteiger partial charge in [-0.3, -0.25) is 5.43 Å². The van der Waals surface area contributed by atoms with Crippen molar-refractivity contribution in [1.82, 2.24) is 10.7 Å². The van der Waals surface area contributed by atoms with Crippen LogP contribution in [0.1, 0.15) is 5.56 Å². The molecule has 0 radical (unpaired) electrons. The van der Waals surface area contributed by atoms with Crippen molar-refractivity contribution in [3.63, 3.8) is 0 Å². The molecule has 5 heteroatoms. The molecule has 0 aliphatic carbocycles. The zero-order chi connectivity index (χ0) is 11.8. The Labute approximate surface area is 109 Å². The number of thiocarbonyl (C=S) groups is 1. The van der Waals surface area contributed by atoms with E-state index in [1.807, 2.05) is 24.3 Å². The third-order valence-electron chi connectivity index (χ3n) is 1.66. The first-order valence-corrected chi connectivity index (χ1v) is 5.86. The quantitative estimate of drug-likeness (QED) is 0.388. The van der Waals surface area contributed by atoms with E-state index in [1.54, 1.807) is 12.3 Å². The standard InChI is InChI=1S/C11H12BrN3S/c1-2-7-13-11(16)15-14-8-9-3-5-10(12)6-4-9/h2-6,8H,1,7H2,(H2,13,15,16). The minimum Gasteiger partial charge on any atom is -0.358 e. The molecule has 0 saturated carbocycles. The summed E-state index contributed by atoms with van der Waals surface area (Å²) in [4.78, 5) is 0. The lowest BCUT2D eigenvalue weighted by molar-refractivity contribution is 0.942. The molecule has 84 valence electrons. The molecule has 1 rings (SSSR count). The van der Waals surface area contributed by atoms with E-state index in [1.165, 1.54) is 0 Å². The minimum absolute atomic E-state index is 0.480. The van der Waals surface area contributed by atoms with Gasteiger partial charge in [-0.2, -0.15) is 5.10 Å². The van der Waals surface area contributed by atoms with Crippen LogP contribution in [0, 0.1) is 0 Å². The molecule has 0 aliphatic rings. The van der Waals surface area contributed by atoms with Crippen LogP contribution in [0.4, 0.5) is 0 Å². The molecule has 1 aromatic rings. The number of hydrazone groups is 1. The van der Waals surface area contributed by atoms with Gasteiger partial charge in [-0.05, 0) is 29.9 Å². The van der Waals surface area contributed by atoms with Crippen LogP contribution in [0.15, 0.2) is 46.5 Å². The molecule has 16 heavy (non-hydrogen) atoms. The molecule has 1 aromatic carbocycles. The van der Waals surface area contributed by atoms with Gasteiger partial charge in [-0.15, -0.1) is 6.58 Å². The summed E-state index contributed by atoms with van der Waals surface area (Å²) in [6.45, 7) is 4.20. The van der Waals surface area contributed by atoms with Gasteiger partial charge >= 0.3 is 0 Å². The second-order valence-electron chi connectivity index (χ2n) is 2.92. The average molecular weight is 298 g/mol. The zero-order valence-electron chi connectivity index (χ0n) is 8.61. The summed E-state index contributed by atoms with van der Waals surface area (Å²) in [7, 11) is 0. The second kappa shape index (κ2) is 7.14. The van der Waals surface area contributed by atoms with Crippen molar-refractivity contribution >= 4 is 39.5 Å². The van der Waals surface area contributed by atoms with Gasteiger partial charge in [0.2, 0.25) is 0 Å². The molecule has 0 aromatic heterocycles. The van der Waals surface area contributed by atoms with E-state index in [0.29, 0.717) is 11.7 Å². The van der Waals surface area contributed by atoms with Crippen LogP contribution in [0.2, 0.25) is 0 Å². The summed E-state index contributed by atoms with van der Waals surface area (Å²) in [6, 6.07) is 7.82. The number of nitrogens with one attached hydrogen (secondary N) is 2. The lowest BCUT2D eigenvalue weighted by atomic mass is 10.2. The predicted octanol–water partition coefficient (Wildman–Crippen LogP) is 2.43. The maximum Gasteiger partial charge on any atom is 0.187 e. The summed E-state index contributed by atoms with van der Waals surface area (Å²) in [5.74, 6) is 0. The van der Waals surface area contributed by atoms with Gasteiger partial charge in [0.15, 0.2) is 5.11 Å². The molecule has 0 bridgehead atoms. The van der Waals surface area contributed by atoms with Gasteiger partial charge in [0.25, 0.3) is 0 Å². The Kier molecular flexibility index (Phi) is 5.74. The lowest BCUT2D eigenvalue weighted by Gasteiger charge is -2.02. The van der Waals surface area contributed by atoms with Gasteiger partial charge in [0, 0.05) is 11.0 Å². The van der Waals surface area contributed by atoms with Crippen LogP contribution in [-0.4, -0.2) is 17.9 Å². The number of benzene rings is 1. The van der Waals surface area contributed by atoms with Crippen LogP contribution in [0.3, 0.4) is 0 Å². The maximum absolute atomic E-state index is 4.96. The monoisotopic (exact) mass is 297 g/mol. The Morgan fingerprint density at radius 3 is 2.75 bits per heavy atom. The van der Waals surface area contributed by atoms with E-state index in [9.17, 15) is 0 Å². The number of halogens is 1. The largest absolute Gasteiger partial charge is 0.358 e. The fourth-order valence-corrected chi connectivity index (χ4v) is 1.32. The fraction of sp³-hybridized carbons (Fsp3) is 0.0909. The third kappa shape index (κ3) is 5.04. The molecule has 0 unspecified atom stereocenters. The van der Waals surface area contributed by atoms with Crippen LogP contribution in [0.25, 0.3) is 0 Å². The predicted molar refractivity (Wildman–Crippen MR) is 75.7 cm³/mol. The molecule has 0 saturated heterocycles. The number of hydrogen-bond donors (Lipinski definition) is 2. The van der Waals surface area contributed by atoms with Crippen molar-refractivity contribution in [2.75, 3.05) is 6.54 Å². The highest BCUT2D eigenvalue weighted by molar-refractivity contribution is 9.10. The van der Waals surface area contributed by atoms with Gasteiger partial charge in [0.05, 0.1) is 6.21 Å². The van der Waals surface area contributed by atoms with Gasteiger partial charge in [-0.1, -0.05) is 34.1 Å². The molecular weight excluding hydrogens is 286 g/mol. The SMILES string of the molecule is C=CCNC(=S)NN=Cc1ccc(Br)cc1. The second-order valence-corrected chi connectivity index (χ2v) is 4.24. The van der Waals surface area contributed by atoms with Gasteiger partial charge < -0.3 is 5.32 Å². The van der Waals surface area contributed by atoms with Gasteiger partial charge in [0.1, 0.15) is 0 Å². The highest BCUT2D eigenvalue weighted by Gasteiger charge is 1.90. The van der Waals surface area contributed by atoms with Crippen LogP contribution in [-0.2, 0) is 0 Å². The molecule has 0 fully saturated rings. The average Bonchev–Trinajstić information content (AvgIpc) is 2.29. The molecule has 0 spiro atoms. The Balaban J connectivity index is 2.39. The van der Waals surface area contributed by atoms with Crippen molar-refractivity contribution in [2.45, 2.75) is 0 Å². The highest BCUT2D eigenvalue weighted by Crippen LogP contribution is 2.08. The minimum atomic E-state index is 0.480. The molecule has 0 aliphatic heterocycles. The van der Waals surface area contributed by atoms with Crippen molar-refractivity contribution < 1.29 is 0 Å².